The fourth-order valence-corrected chi connectivity index (χ4v) is 7.42. The second kappa shape index (κ2) is 10.1. The van der Waals surface area contributed by atoms with Crippen LogP contribution < -0.4 is 4.90 Å². The summed E-state index contributed by atoms with van der Waals surface area (Å²) in [5.41, 5.74) is 8.41. The largest absolute Gasteiger partial charge is 0.454 e. The van der Waals surface area contributed by atoms with Crippen molar-refractivity contribution in [1.82, 2.24) is 4.57 Å². The number of furan rings is 1. The van der Waals surface area contributed by atoms with Gasteiger partial charge in [-0.05, 0) is 82.2 Å². The number of rotatable bonds is 4. The summed E-state index contributed by atoms with van der Waals surface area (Å²) in [6, 6.07) is 60.7. The van der Waals surface area contributed by atoms with Crippen molar-refractivity contribution in [3.05, 3.63) is 170 Å². The summed E-state index contributed by atoms with van der Waals surface area (Å²) < 4.78 is 9.27. The fourth-order valence-electron chi connectivity index (χ4n) is 7.42. The van der Waals surface area contributed by atoms with Gasteiger partial charge in [0.05, 0.1) is 16.7 Å². The molecular formula is C44H28N2O. The standard InChI is InChI=1S/C44H28N2O/c1-2-15-33(16-3-1)46-38-19-9-8-17-36(38)42-39(46)25-26-41-43(42)37-18-10-20-40(44(37)47-41)45(34-23-21-29-11-4-6-13-31(29)27-34)35-24-22-30-12-5-7-14-32(30)28-35/h1-28H. The van der Waals surface area contributed by atoms with Crippen LogP contribution in [0.4, 0.5) is 17.1 Å². The van der Waals surface area contributed by atoms with Crippen LogP contribution in [0.5, 0.6) is 0 Å². The highest BCUT2D eigenvalue weighted by molar-refractivity contribution is 6.28. The van der Waals surface area contributed by atoms with E-state index in [-0.39, 0.29) is 0 Å². The Morgan fingerprint density at radius 2 is 1.04 bits per heavy atom. The van der Waals surface area contributed by atoms with Crippen LogP contribution in [0, 0.1) is 0 Å². The van der Waals surface area contributed by atoms with Gasteiger partial charge < -0.3 is 13.9 Å². The monoisotopic (exact) mass is 600 g/mol. The molecule has 0 aliphatic rings. The molecule has 2 heterocycles. The maximum Gasteiger partial charge on any atom is 0.159 e. The highest BCUT2D eigenvalue weighted by Crippen LogP contribution is 2.46. The van der Waals surface area contributed by atoms with Crippen molar-refractivity contribution in [3.63, 3.8) is 0 Å². The molecule has 0 unspecified atom stereocenters. The van der Waals surface area contributed by atoms with E-state index >= 15 is 0 Å². The minimum Gasteiger partial charge on any atom is -0.454 e. The first-order chi connectivity index (χ1) is 23.3. The van der Waals surface area contributed by atoms with E-state index in [2.05, 4.69) is 179 Å². The number of nitrogens with zero attached hydrogens (tertiary/aromatic N) is 2. The topological polar surface area (TPSA) is 21.3 Å². The number of fused-ring (bicyclic) bond motifs is 9. The molecule has 0 saturated carbocycles. The third-order valence-electron chi connectivity index (χ3n) is 9.51. The Bertz CT molecular complexity index is 2730. The Balaban J connectivity index is 1.28. The first-order valence-corrected chi connectivity index (χ1v) is 16.0. The molecule has 0 radical (unpaired) electrons. The van der Waals surface area contributed by atoms with Crippen LogP contribution in [-0.2, 0) is 0 Å². The molecule has 220 valence electrons. The van der Waals surface area contributed by atoms with Gasteiger partial charge in [0, 0.05) is 38.6 Å². The van der Waals surface area contributed by atoms with E-state index in [1.807, 2.05) is 0 Å². The van der Waals surface area contributed by atoms with Gasteiger partial charge in [0.15, 0.2) is 5.58 Å². The number of aromatic nitrogens is 1. The van der Waals surface area contributed by atoms with Gasteiger partial charge in [-0.25, -0.2) is 0 Å². The normalized spacial score (nSPS) is 11.8. The van der Waals surface area contributed by atoms with E-state index in [9.17, 15) is 0 Å². The number of para-hydroxylation sites is 3. The van der Waals surface area contributed by atoms with Gasteiger partial charge in [0.1, 0.15) is 5.58 Å². The van der Waals surface area contributed by atoms with E-state index in [1.54, 1.807) is 0 Å². The molecule has 0 aliphatic heterocycles. The van der Waals surface area contributed by atoms with Crippen LogP contribution >= 0.6 is 0 Å². The maximum absolute atomic E-state index is 6.90. The molecule has 0 bridgehead atoms. The van der Waals surface area contributed by atoms with E-state index in [0.29, 0.717) is 0 Å². The molecule has 0 saturated heterocycles. The van der Waals surface area contributed by atoms with Crippen molar-refractivity contribution in [2.75, 3.05) is 4.90 Å². The zero-order chi connectivity index (χ0) is 30.9. The lowest BCUT2D eigenvalue weighted by atomic mass is 10.0. The van der Waals surface area contributed by atoms with Gasteiger partial charge in [-0.15, -0.1) is 0 Å². The summed E-state index contributed by atoms with van der Waals surface area (Å²) in [4.78, 5) is 2.34. The summed E-state index contributed by atoms with van der Waals surface area (Å²) in [5.74, 6) is 0. The first-order valence-electron chi connectivity index (χ1n) is 16.0. The van der Waals surface area contributed by atoms with E-state index in [0.717, 1.165) is 44.7 Å². The van der Waals surface area contributed by atoms with Gasteiger partial charge in [-0.2, -0.15) is 0 Å². The predicted octanol–water partition coefficient (Wildman–Crippen LogP) is 12.5. The zero-order valence-corrected chi connectivity index (χ0v) is 25.5. The van der Waals surface area contributed by atoms with Gasteiger partial charge in [-0.1, -0.05) is 109 Å². The van der Waals surface area contributed by atoms with Crippen molar-refractivity contribution in [3.8, 4) is 5.69 Å². The third kappa shape index (κ3) is 3.93. The molecule has 3 nitrogen and oxygen atoms in total. The van der Waals surface area contributed by atoms with Crippen LogP contribution in [0.1, 0.15) is 0 Å². The maximum atomic E-state index is 6.90. The third-order valence-corrected chi connectivity index (χ3v) is 9.51. The molecule has 10 rings (SSSR count). The summed E-state index contributed by atoms with van der Waals surface area (Å²) in [5, 5.41) is 9.49. The molecule has 0 spiro atoms. The SMILES string of the molecule is c1ccc(-n2c3ccccc3c3c4c(ccc32)oc2c(N(c3ccc5ccccc5c3)c3ccc5ccccc5c3)cccc24)cc1. The van der Waals surface area contributed by atoms with Crippen LogP contribution in [0.15, 0.2) is 174 Å². The summed E-state index contributed by atoms with van der Waals surface area (Å²) in [6.07, 6.45) is 0. The van der Waals surface area contributed by atoms with Crippen molar-refractivity contribution in [1.29, 1.82) is 0 Å². The van der Waals surface area contributed by atoms with Crippen LogP contribution in [0.3, 0.4) is 0 Å². The Morgan fingerprint density at radius 1 is 0.426 bits per heavy atom. The minimum absolute atomic E-state index is 0.868. The summed E-state index contributed by atoms with van der Waals surface area (Å²) in [7, 11) is 0. The van der Waals surface area contributed by atoms with Gasteiger partial charge in [-0.3, -0.25) is 0 Å². The number of hydrogen-bond donors (Lipinski definition) is 0. The molecule has 47 heavy (non-hydrogen) atoms. The molecule has 0 N–H and O–H groups in total. The van der Waals surface area contributed by atoms with Crippen LogP contribution in [-0.4, -0.2) is 4.57 Å². The number of hydrogen-bond acceptors (Lipinski definition) is 2. The lowest BCUT2D eigenvalue weighted by Crippen LogP contribution is -2.10. The molecular weight excluding hydrogens is 572 g/mol. The Labute approximate surface area is 271 Å². The van der Waals surface area contributed by atoms with Gasteiger partial charge in [0.2, 0.25) is 0 Å². The fraction of sp³-hybridized carbons (Fsp3) is 0. The van der Waals surface area contributed by atoms with Gasteiger partial charge in [0.25, 0.3) is 0 Å². The van der Waals surface area contributed by atoms with Crippen molar-refractivity contribution < 1.29 is 4.42 Å². The van der Waals surface area contributed by atoms with Crippen LogP contribution in [0.2, 0.25) is 0 Å². The molecule has 0 atom stereocenters. The molecule has 10 aromatic rings. The van der Waals surface area contributed by atoms with E-state index in [1.165, 1.54) is 43.4 Å². The molecule has 3 heteroatoms. The summed E-state index contributed by atoms with van der Waals surface area (Å²) >= 11 is 0. The smallest absolute Gasteiger partial charge is 0.159 e. The molecule has 2 aromatic heterocycles. The van der Waals surface area contributed by atoms with Crippen LogP contribution in [0.25, 0.3) is 71.0 Å². The Kier molecular flexibility index (Phi) is 5.57. The van der Waals surface area contributed by atoms with Crippen molar-refractivity contribution >= 4 is 82.4 Å². The number of benzene rings is 8. The quantitative estimate of drug-likeness (QED) is 0.200. The van der Waals surface area contributed by atoms with Crippen molar-refractivity contribution in [2.24, 2.45) is 0 Å². The predicted molar refractivity (Wildman–Crippen MR) is 198 cm³/mol. The zero-order valence-electron chi connectivity index (χ0n) is 25.5. The Hall–Kier alpha value is -6.32. The molecule has 0 fully saturated rings. The van der Waals surface area contributed by atoms with E-state index in [4.69, 9.17) is 4.42 Å². The average molecular weight is 601 g/mol. The second-order valence-corrected chi connectivity index (χ2v) is 12.2. The first kappa shape index (κ1) is 26.0. The lowest BCUT2D eigenvalue weighted by Gasteiger charge is -2.26. The lowest BCUT2D eigenvalue weighted by molar-refractivity contribution is 0.669. The minimum atomic E-state index is 0.868. The second-order valence-electron chi connectivity index (χ2n) is 12.2. The summed E-state index contributed by atoms with van der Waals surface area (Å²) in [6.45, 7) is 0. The van der Waals surface area contributed by atoms with Gasteiger partial charge >= 0.3 is 0 Å². The Morgan fingerprint density at radius 3 is 1.77 bits per heavy atom. The highest BCUT2D eigenvalue weighted by atomic mass is 16.3. The van der Waals surface area contributed by atoms with E-state index < -0.39 is 0 Å². The molecule has 0 aliphatic carbocycles. The average Bonchev–Trinajstić information content (AvgIpc) is 3.68. The molecule has 8 aromatic carbocycles. The van der Waals surface area contributed by atoms with Crippen molar-refractivity contribution in [2.45, 2.75) is 0 Å². The molecule has 0 amide bonds. The highest BCUT2D eigenvalue weighted by Gasteiger charge is 2.23. The number of anilines is 3.